The van der Waals surface area contributed by atoms with Crippen molar-refractivity contribution in [3.8, 4) is 10.4 Å². The molecule has 1 aromatic carbocycles. The molecule has 4 heterocycles. The number of imidazole rings is 1. The second-order valence-corrected chi connectivity index (χ2v) is 9.37. The first kappa shape index (κ1) is 23.6. The number of hydrogen-bond donors (Lipinski definition) is 2. The van der Waals surface area contributed by atoms with Crippen molar-refractivity contribution in [2.24, 2.45) is 0 Å². The van der Waals surface area contributed by atoms with Gasteiger partial charge in [0, 0.05) is 31.9 Å². The zero-order valence-electron chi connectivity index (χ0n) is 19.4. The zero-order chi connectivity index (χ0) is 25.1. The molecule has 1 aliphatic heterocycles. The third-order valence-corrected chi connectivity index (χ3v) is 7.00. The molecule has 11 heteroatoms. The van der Waals surface area contributed by atoms with Gasteiger partial charge in [0.1, 0.15) is 23.2 Å². The van der Waals surface area contributed by atoms with E-state index in [1.165, 1.54) is 29.5 Å². The number of benzene rings is 1. The number of nitrogens with one attached hydrogen (secondary N) is 2. The minimum Gasteiger partial charge on any atom is -0.353 e. The van der Waals surface area contributed by atoms with Gasteiger partial charge in [0.25, 0.3) is 0 Å². The summed E-state index contributed by atoms with van der Waals surface area (Å²) in [6.07, 6.45) is 7.83. The van der Waals surface area contributed by atoms with E-state index >= 15 is 0 Å². The van der Waals surface area contributed by atoms with Crippen molar-refractivity contribution < 1.29 is 14.0 Å². The van der Waals surface area contributed by atoms with Gasteiger partial charge < -0.3 is 20.1 Å². The lowest BCUT2D eigenvalue weighted by molar-refractivity contribution is -0.135. The molecule has 1 saturated heterocycles. The van der Waals surface area contributed by atoms with Crippen molar-refractivity contribution in [2.45, 2.75) is 25.4 Å². The molecule has 2 N–H and O–H groups in total. The minimum atomic E-state index is -0.451. The van der Waals surface area contributed by atoms with Gasteiger partial charge >= 0.3 is 0 Å². The summed E-state index contributed by atoms with van der Waals surface area (Å²) < 4.78 is 15.1. The van der Waals surface area contributed by atoms with Crippen LogP contribution in [0.2, 0.25) is 0 Å². The Hall–Kier alpha value is -4.12. The number of halogens is 1. The molecule has 0 bridgehead atoms. The number of thiazole rings is 1. The second-order valence-electron chi connectivity index (χ2n) is 8.34. The van der Waals surface area contributed by atoms with Crippen molar-refractivity contribution >= 4 is 45.1 Å². The van der Waals surface area contributed by atoms with Crippen LogP contribution in [0.5, 0.6) is 0 Å². The number of rotatable bonds is 8. The molecule has 2 amide bonds. The van der Waals surface area contributed by atoms with Gasteiger partial charge in [0.15, 0.2) is 5.13 Å². The van der Waals surface area contributed by atoms with Crippen LogP contribution in [0.1, 0.15) is 12.8 Å². The summed E-state index contributed by atoms with van der Waals surface area (Å²) in [5, 5.41) is 6.81. The molecular weight excluding hydrogens is 481 g/mol. The van der Waals surface area contributed by atoms with E-state index in [1.54, 1.807) is 35.8 Å². The summed E-state index contributed by atoms with van der Waals surface area (Å²) in [4.78, 5) is 40.3. The molecular formula is C25H24FN7O2S. The fourth-order valence-electron chi connectivity index (χ4n) is 4.23. The number of nitrogens with zero attached hydrogens (tertiary/aromatic N) is 5. The molecule has 184 valence electrons. The van der Waals surface area contributed by atoms with Crippen LogP contribution in [0.15, 0.2) is 61.7 Å². The first-order chi connectivity index (χ1) is 17.5. The van der Waals surface area contributed by atoms with Crippen molar-refractivity contribution in [1.82, 2.24) is 29.7 Å². The third kappa shape index (κ3) is 4.96. The quantitative estimate of drug-likeness (QED) is 0.354. The predicted molar refractivity (Wildman–Crippen MR) is 136 cm³/mol. The molecule has 36 heavy (non-hydrogen) atoms. The van der Waals surface area contributed by atoms with Crippen molar-refractivity contribution in [3.63, 3.8) is 0 Å². The van der Waals surface area contributed by atoms with E-state index in [0.717, 1.165) is 27.9 Å². The highest BCUT2D eigenvalue weighted by molar-refractivity contribution is 7.18. The fraction of sp³-hybridized carbons (Fsp3) is 0.240. The summed E-state index contributed by atoms with van der Waals surface area (Å²) in [5.74, 6) is -0.0425. The standard InChI is InChI=1S/C25H24FN7O2S/c1-2-23(34)33-10-3-4-19(33)24(35)27-9-11-32-15-30-18-13-28-22(12-20(18)32)31-25-29-14-21(36-25)16-5-7-17(26)8-6-16/h2,5-8,12-15,19H,1,3-4,9-11H2,(H,27,35)(H,28,29,31)/t19-/m0/s1. The normalized spacial score (nSPS) is 15.2. The van der Waals surface area contributed by atoms with Crippen LogP contribution in [0, 0.1) is 5.82 Å². The van der Waals surface area contributed by atoms with Crippen LogP contribution in [0.4, 0.5) is 15.3 Å². The largest absolute Gasteiger partial charge is 0.353 e. The van der Waals surface area contributed by atoms with Crippen LogP contribution in [-0.4, -0.2) is 55.4 Å². The average molecular weight is 506 g/mol. The molecule has 3 aromatic heterocycles. The summed E-state index contributed by atoms with van der Waals surface area (Å²) in [6, 6.07) is 7.71. The van der Waals surface area contributed by atoms with Gasteiger partial charge in [0.05, 0.1) is 22.9 Å². The fourth-order valence-corrected chi connectivity index (χ4v) is 5.06. The number of fused-ring (bicyclic) bond motifs is 1. The van der Waals surface area contributed by atoms with E-state index in [-0.39, 0.29) is 17.6 Å². The van der Waals surface area contributed by atoms with E-state index in [0.29, 0.717) is 37.0 Å². The van der Waals surface area contributed by atoms with Crippen LogP contribution in [0.25, 0.3) is 21.5 Å². The molecule has 4 aromatic rings. The number of pyridine rings is 1. The Morgan fingerprint density at radius 2 is 2.03 bits per heavy atom. The molecule has 0 saturated carbocycles. The van der Waals surface area contributed by atoms with E-state index in [2.05, 4.69) is 32.2 Å². The van der Waals surface area contributed by atoms with E-state index in [9.17, 15) is 14.0 Å². The van der Waals surface area contributed by atoms with Crippen molar-refractivity contribution in [3.05, 3.63) is 67.5 Å². The Labute approximate surface area is 210 Å². The Bertz CT molecular complexity index is 1420. The van der Waals surface area contributed by atoms with Crippen LogP contribution >= 0.6 is 11.3 Å². The van der Waals surface area contributed by atoms with Crippen LogP contribution in [0.3, 0.4) is 0 Å². The highest BCUT2D eigenvalue weighted by atomic mass is 32.1. The highest BCUT2D eigenvalue weighted by Gasteiger charge is 2.32. The van der Waals surface area contributed by atoms with Crippen LogP contribution < -0.4 is 10.6 Å². The number of likely N-dealkylation sites (tertiary alicyclic amines) is 1. The zero-order valence-corrected chi connectivity index (χ0v) is 20.2. The predicted octanol–water partition coefficient (Wildman–Crippen LogP) is 3.73. The molecule has 1 atom stereocenters. The smallest absolute Gasteiger partial charge is 0.246 e. The maximum Gasteiger partial charge on any atom is 0.246 e. The molecule has 1 aliphatic rings. The first-order valence-electron chi connectivity index (χ1n) is 11.5. The van der Waals surface area contributed by atoms with Gasteiger partial charge in [-0.25, -0.2) is 19.3 Å². The maximum absolute atomic E-state index is 13.2. The number of carbonyl (C=O) groups excluding carboxylic acids is 2. The molecule has 5 rings (SSSR count). The lowest BCUT2D eigenvalue weighted by atomic mass is 10.2. The molecule has 0 radical (unpaired) electrons. The van der Waals surface area contributed by atoms with Crippen molar-refractivity contribution in [1.29, 1.82) is 0 Å². The van der Waals surface area contributed by atoms with Crippen LogP contribution in [-0.2, 0) is 16.1 Å². The molecule has 0 unspecified atom stereocenters. The SMILES string of the molecule is C=CC(=O)N1CCC[C@H]1C(=O)NCCn1cnc2cnc(Nc3ncc(-c4ccc(F)cc4)s3)cc21. The lowest BCUT2D eigenvalue weighted by Crippen LogP contribution is -2.46. The molecule has 0 aliphatic carbocycles. The summed E-state index contributed by atoms with van der Waals surface area (Å²) >= 11 is 1.44. The molecule has 0 spiro atoms. The minimum absolute atomic E-state index is 0.156. The topological polar surface area (TPSA) is 105 Å². The first-order valence-corrected chi connectivity index (χ1v) is 12.3. The number of anilines is 2. The lowest BCUT2D eigenvalue weighted by Gasteiger charge is -2.22. The Morgan fingerprint density at radius 3 is 2.83 bits per heavy atom. The van der Waals surface area contributed by atoms with E-state index in [1.807, 2.05) is 10.6 Å². The van der Waals surface area contributed by atoms with Gasteiger partial charge in [-0.3, -0.25) is 9.59 Å². The Morgan fingerprint density at radius 1 is 1.19 bits per heavy atom. The summed E-state index contributed by atoms with van der Waals surface area (Å²) in [7, 11) is 0. The third-order valence-electron chi connectivity index (χ3n) is 6.04. The van der Waals surface area contributed by atoms with Gasteiger partial charge in [-0.05, 0) is 36.6 Å². The average Bonchev–Trinajstić information content (AvgIpc) is 3.64. The van der Waals surface area contributed by atoms with Gasteiger partial charge in [-0.15, -0.1) is 0 Å². The Kier molecular flexibility index (Phi) is 6.72. The summed E-state index contributed by atoms with van der Waals surface area (Å²) in [5.41, 5.74) is 2.48. The second kappa shape index (κ2) is 10.2. The van der Waals surface area contributed by atoms with Gasteiger partial charge in [0.2, 0.25) is 11.8 Å². The van der Waals surface area contributed by atoms with E-state index in [4.69, 9.17) is 0 Å². The number of carbonyl (C=O) groups is 2. The number of aromatic nitrogens is 4. The van der Waals surface area contributed by atoms with Gasteiger partial charge in [-0.1, -0.05) is 30.0 Å². The summed E-state index contributed by atoms with van der Waals surface area (Å²) in [6.45, 7) is 5.00. The monoisotopic (exact) mass is 505 g/mol. The Balaban J connectivity index is 1.23. The van der Waals surface area contributed by atoms with Crippen molar-refractivity contribution in [2.75, 3.05) is 18.4 Å². The molecule has 1 fully saturated rings. The van der Waals surface area contributed by atoms with Gasteiger partial charge in [-0.2, -0.15) is 0 Å². The number of hydrogen-bond acceptors (Lipinski definition) is 7. The number of amides is 2. The van der Waals surface area contributed by atoms with E-state index < -0.39 is 6.04 Å². The highest BCUT2D eigenvalue weighted by Crippen LogP contribution is 2.30. The maximum atomic E-state index is 13.2. The molecule has 9 nitrogen and oxygen atoms in total.